The number of urea groups is 1. The number of benzene rings is 2. The molecule has 0 spiro atoms. The molecule has 0 aromatic heterocycles. The number of nitrogens with one attached hydrogen (secondary N) is 2. The average molecular weight is 413 g/mol. The number of hydrogen-bond acceptors (Lipinski definition) is 3. The third-order valence-corrected chi connectivity index (χ3v) is 5.45. The molecule has 160 valence electrons. The van der Waals surface area contributed by atoms with E-state index in [9.17, 15) is 14.0 Å². The number of ether oxygens (including phenoxy) is 1. The maximum Gasteiger partial charge on any atom is 0.319 e. The lowest BCUT2D eigenvalue weighted by Crippen LogP contribution is -2.53. The van der Waals surface area contributed by atoms with Gasteiger partial charge in [0.05, 0.1) is 12.0 Å². The molecule has 1 aliphatic heterocycles. The highest BCUT2D eigenvalue weighted by molar-refractivity contribution is 5.90. The number of carbonyl (C=O) groups excluding carboxylic acids is 2. The zero-order chi connectivity index (χ0) is 21.6. The number of amides is 3. The minimum Gasteiger partial charge on any atom is -0.385 e. The van der Waals surface area contributed by atoms with Crippen LogP contribution in [0.3, 0.4) is 0 Å². The standard InChI is InChI=1S/C23H28FN3O3/c1-17-6-5-8-19(14-17)25-22(29)26-23(11-13-30-2)10-12-27(16-23)21(28)15-18-7-3-4-9-20(18)24/h3-9,14H,10-13,15-16H2,1-2H3,(H2,25,26,29). The second-order valence-electron chi connectivity index (χ2n) is 7.81. The lowest BCUT2D eigenvalue weighted by Gasteiger charge is -2.30. The highest BCUT2D eigenvalue weighted by Crippen LogP contribution is 2.26. The average Bonchev–Trinajstić information content (AvgIpc) is 3.12. The Labute approximate surface area is 176 Å². The van der Waals surface area contributed by atoms with Crippen LogP contribution in [0.2, 0.25) is 0 Å². The number of hydrogen-bond donors (Lipinski definition) is 2. The van der Waals surface area contributed by atoms with Crippen molar-refractivity contribution in [1.82, 2.24) is 10.2 Å². The van der Waals surface area contributed by atoms with Crippen molar-refractivity contribution < 1.29 is 18.7 Å². The molecular weight excluding hydrogens is 385 g/mol. The van der Waals surface area contributed by atoms with Gasteiger partial charge in [0.2, 0.25) is 5.91 Å². The first kappa shape index (κ1) is 21.8. The molecule has 30 heavy (non-hydrogen) atoms. The maximum atomic E-state index is 13.9. The third kappa shape index (κ3) is 5.57. The SMILES string of the molecule is COCCC1(NC(=O)Nc2cccc(C)c2)CCN(C(=O)Cc2ccccc2F)C1. The molecule has 3 rings (SSSR count). The Bertz CT molecular complexity index is 905. The van der Waals surface area contributed by atoms with Gasteiger partial charge in [-0.15, -0.1) is 0 Å². The fraction of sp³-hybridized carbons (Fsp3) is 0.391. The van der Waals surface area contributed by atoms with Gasteiger partial charge in [-0.25, -0.2) is 9.18 Å². The molecule has 0 radical (unpaired) electrons. The predicted molar refractivity (Wildman–Crippen MR) is 114 cm³/mol. The quantitative estimate of drug-likeness (QED) is 0.730. The number of halogens is 1. The van der Waals surface area contributed by atoms with E-state index in [0.29, 0.717) is 43.8 Å². The number of carbonyl (C=O) groups is 2. The molecule has 0 bridgehead atoms. The fourth-order valence-electron chi connectivity index (χ4n) is 3.79. The molecule has 7 heteroatoms. The molecule has 2 aromatic rings. The largest absolute Gasteiger partial charge is 0.385 e. The van der Waals surface area contributed by atoms with Crippen molar-refractivity contribution in [3.05, 3.63) is 65.5 Å². The molecule has 2 N–H and O–H groups in total. The monoisotopic (exact) mass is 413 g/mol. The van der Waals surface area contributed by atoms with Gasteiger partial charge in [-0.05, 0) is 49.1 Å². The molecule has 1 aliphatic rings. The van der Waals surface area contributed by atoms with Crippen molar-refractivity contribution in [1.29, 1.82) is 0 Å². The first-order chi connectivity index (χ1) is 14.4. The number of likely N-dealkylation sites (tertiary alicyclic amines) is 1. The summed E-state index contributed by atoms with van der Waals surface area (Å²) in [5, 5.41) is 5.92. The number of nitrogens with zero attached hydrogens (tertiary/aromatic N) is 1. The van der Waals surface area contributed by atoms with Crippen molar-refractivity contribution >= 4 is 17.6 Å². The molecular formula is C23H28FN3O3. The van der Waals surface area contributed by atoms with E-state index in [1.807, 2.05) is 31.2 Å². The van der Waals surface area contributed by atoms with Crippen LogP contribution in [0.4, 0.5) is 14.9 Å². The van der Waals surface area contributed by atoms with E-state index in [4.69, 9.17) is 4.74 Å². The van der Waals surface area contributed by atoms with Crippen molar-refractivity contribution in [3.8, 4) is 0 Å². The van der Waals surface area contributed by atoms with E-state index in [2.05, 4.69) is 10.6 Å². The topological polar surface area (TPSA) is 70.7 Å². The van der Waals surface area contributed by atoms with Crippen molar-refractivity contribution in [2.24, 2.45) is 0 Å². The molecule has 0 aliphatic carbocycles. The summed E-state index contributed by atoms with van der Waals surface area (Å²) >= 11 is 0. The normalized spacial score (nSPS) is 18.3. The summed E-state index contributed by atoms with van der Waals surface area (Å²) in [5.41, 5.74) is 1.55. The lowest BCUT2D eigenvalue weighted by molar-refractivity contribution is -0.129. The van der Waals surface area contributed by atoms with Gasteiger partial charge in [0.1, 0.15) is 5.82 Å². The Hall–Kier alpha value is -2.93. The van der Waals surface area contributed by atoms with Gasteiger partial charge in [-0.2, -0.15) is 0 Å². The number of rotatable bonds is 7. The van der Waals surface area contributed by atoms with E-state index in [1.165, 1.54) is 6.07 Å². The van der Waals surface area contributed by atoms with Crippen molar-refractivity contribution in [2.75, 3.05) is 32.1 Å². The summed E-state index contributed by atoms with van der Waals surface area (Å²) in [6.07, 6.45) is 1.19. The summed E-state index contributed by atoms with van der Waals surface area (Å²) in [4.78, 5) is 27.1. The summed E-state index contributed by atoms with van der Waals surface area (Å²) in [5.74, 6) is -0.536. The van der Waals surface area contributed by atoms with E-state index in [0.717, 1.165) is 5.56 Å². The Balaban J connectivity index is 1.65. The first-order valence-corrected chi connectivity index (χ1v) is 10.1. The van der Waals surface area contributed by atoms with E-state index < -0.39 is 5.54 Å². The maximum absolute atomic E-state index is 13.9. The van der Waals surface area contributed by atoms with Crippen LogP contribution in [0, 0.1) is 12.7 Å². The van der Waals surface area contributed by atoms with Gasteiger partial charge in [-0.1, -0.05) is 30.3 Å². The molecule has 1 saturated heterocycles. The van der Waals surface area contributed by atoms with Gasteiger partial charge in [-0.3, -0.25) is 4.79 Å². The van der Waals surface area contributed by atoms with E-state index in [1.54, 1.807) is 30.2 Å². The van der Waals surface area contributed by atoms with Crippen LogP contribution < -0.4 is 10.6 Å². The molecule has 6 nitrogen and oxygen atoms in total. The predicted octanol–water partition coefficient (Wildman–Crippen LogP) is 3.51. The Morgan fingerprint density at radius 3 is 2.73 bits per heavy atom. The summed E-state index contributed by atoms with van der Waals surface area (Å²) in [6, 6.07) is 13.5. The summed E-state index contributed by atoms with van der Waals surface area (Å²) in [7, 11) is 1.61. The molecule has 1 unspecified atom stereocenters. The third-order valence-electron chi connectivity index (χ3n) is 5.45. The molecule has 2 aromatic carbocycles. The summed E-state index contributed by atoms with van der Waals surface area (Å²) in [6.45, 7) is 3.28. The molecule has 3 amide bonds. The fourth-order valence-corrected chi connectivity index (χ4v) is 3.79. The van der Waals surface area contributed by atoms with Gasteiger partial charge in [0.15, 0.2) is 0 Å². The Morgan fingerprint density at radius 1 is 1.20 bits per heavy atom. The minimum atomic E-state index is -0.588. The van der Waals surface area contributed by atoms with Crippen LogP contribution >= 0.6 is 0 Å². The molecule has 1 fully saturated rings. The second-order valence-corrected chi connectivity index (χ2v) is 7.81. The van der Waals surface area contributed by atoms with Crippen molar-refractivity contribution in [2.45, 2.75) is 31.7 Å². The van der Waals surface area contributed by atoms with Crippen LogP contribution in [-0.4, -0.2) is 49.2 Å². The van der Waals surface area contributed by atoms with Crippen molar-refractivity contribution in [3.63, 3.8) is 0 Å². The van der Waals surface area contributed by atoms with Gasteiger partial charge < -0.3 is 20.3 Å². The molecule has 1 heterocycles. The highest BCUT2D eigenvalue weighted by Gasteiger charge is 2.41. The lowest BCUT2D eigenvalue weighted by atomic mass is 9.94. The molecule has 1 atom stereocenters. The Kier molecular flexibility index (Phi) is 7.05. The number of aryl methyl sites for hydroxylation is 1. The number of anilines is 1. The smallest absolute Gasteiger partial charge is 0.319 e. The van der Waals surface area contributed by atoms with Crippen LogP contribution in [0.1, 0.15) is 24.0 Å². The van der Waals surface area contributed by atoms with Gasteiger partial charge in [0, 0.05) is 32.5 Å². The van der Waals surface area contributed by atoms with Gasteiger partial charge >= 0.3 is 6.03 Å². The zero-order valence-corrected chi connectivity index (χ0v) is 17.4. The van der Waals surface area contributed by atoms with E-state index in [-0.39, 0.29) is 24.2 Å². The molecule has 0 saturated carbocycles. The second kappa shape index (κ2) is 9.71. The summed E-state index contributed by atoms with van der Waals surface area (Å²) < 4.78 is 19.1. The zero-order valence-electron chi connectivity index (χ0n) is 17.4. The first-order valence-electron chi connectivity index (χ1n) is 10.1. The van der Waals surface area contributed by atoms with Gasteiger partial charge in [0.25, 0.3) is 0 Å². The van der Waals surface area contributed by atoms with Crippen LogP contribution in [-0.2, 0) is 16.0 Å². The van der Waals surface area contributed by atoms with Crippen LogP contribution in [0.25, 0.3) is 0 Å². The minimum absolute atomic E-state index is 0.00250. The highest BCUT2D eigenvalue weighted by atomic mass is 19.1. The van der Waals surface area contributed by atoms with E-state index >= 15 is 0 Å². The van der Waals surface area contributed by atoms with Crippen LogP contribution in [0.5, 0.6) is 0 Å². The van der Waals surface area contributed by atoms with Crippen LogP contribution in [0.15, 0.2) is 48.5 Å². The Morgan fingerprint density at radius 2 is 2.00 bits per heavy atom. The number of methoxy groups -OCH3 is 1.